The molecule has 1 aliphatic heterocycles. The highest BCUT2D eigenvalue weighted by Crippen LogP contribution is 2.29. The number of aromatic nitrogens is 1. The highest BCUT2D eigenvalue weighted by molar-refractivity contribution is 6.43. The van der Waals surface area contributed by atoms with Crippen molar-refractivity contribution in [2.45, 2.75) is 6.92 Å². The number of rotatable bonds is 3. The fraction of sp³-hybridized carbons (Fsp3) is 0.0455. The minimum atomic E-state index is -0.852. The van der Waals surface area contributed by atoms with Gasteiger partial charge in [0, 0.05) is 17.1 Å². The van der Waals surface area contributed by atoms with Crippen molar-refractivity contribution >= 4 is 52.8 Å². The van der Waals surface area contributed by atoms with Crippen LogP contribution < -0.4 is 10.2 Å². The van der Waals surface area contributed by atoms with Gasteiger partial charge >= 0.3 is 6.03 Å². The zero-order valence-electron chi connectivity index (χ0n) is 15.7. The van der Waals surface area contributed by atoms with Crippen LogP contribution in [-0.2, 0) is 9.59 Å². The molecule has 30 heavy (non-hydrogen) atoms. The molecule has 3 aromatic rings. The molecule has 0 bridgehead atoms. The molecule has 8 heteroatoms. The standard InChI is InChI=1S/C22H15Cl2N3O3/c1-13-7-8-15(26(13)14-5-3-2-4-6-14)11-17-20(28)25-22(30)27(21(17)29)16-9-10-18(23)19(24)12-16/h2-12H,1H3,(H,25,28,30)/b17-11+. The van der Waals surface area contributed by atoms with Crippen molar-refractivity contribution in [3.8, 4) is 5.69 Å². The lowest BCUT2D eigenvalue weighted by Crippen LogP contribution is -2.54. The number of urea groups is 1. The predicted octanol–water partition coefficient (Wildman–Crippen LogP) is 4.76. The van der Waals surface area contributed by atoms with Crippen molar-refractivity contribution in [2.75, 3.05) is 4.90 Å². The molecule has 1 saturated heterocycles. The molecule has 0 aliphatic carbocycles. The minimum absolute atomic E-state index is 0.170. The predicted molar refractivity (Wildman–Crippen MR) is 116 cm³/mol. The number of anilines is 1. The quantitative estimate of drug-likeness (QED) is 0.472. The monoisotopic (exact) mass is 439 g/mol. The lowest BCUT2D eigenvalue weighted by Gasteiger charge is -2.26. The van der Waals surface area contributed by atoms with Gasteiger partial charge in [0.1, 0.15) is 5.57 Å². The first-order chi connectivity index (χ1) is 14.4. The molecule has 1 N–H and O–H groups in total. The van der Waals surface area contributed by atoms with Gasteiger partial charge in [-0.15, -0.1) is 0 Å². The van der Waals surface area contributed by atoms with E-state index in [1.54, 1.807) is 6.07 Å². The molecule has 150 valence electrons. The normalized spacial score (nSPS) is 15.6. The largest absolute Gasteiger partial charge is 0.335 e. The fourth-order valence-corrected chi connectivity index (χ4v) is 3.56. The van der Waals surface area contributed by atoms with Gasteiger partial charge in [0.2, 0.25) is 0 Å². The third-order valence-corrected chi connectivity index (χ3v) is 5.41. The zero-order chi connectivity index (χ0) is 21.4. The van der Waals surface area contributed by atoms with Crippen molar-refractivity contribution in [3.05, 3.63) is 87.7 Å². The van der Waals surface area contributed by atoms with E-state index >= 15 is 0 Å². The molecule has 2 aromatic carbocycles. The smallest absolute Gasteiger partial charge is 0.314 e. The second-order valence-corrected chi connectivity index (χ2v) is 7.44. The molecule has 0 atom stereocenters. The maximum atomic E-state index is 13.1. The molecule has 6 nitrogen and oxygen atoms in total. The summed E-state index contributed by atoms with van der Waals surface area (Å²) in [6, 6.07) is 16.7. The number of nitrogens with one attached hydrogen (secondary N) is 1. The van der Waals surface area contributed by atoms with E-state index in [2.05, 4.69) is 5.32 Å². The van der Waals surface area contributed by atoms with E-state index in [0.717, 1.165) is 16.3 Å². The first-order valence-corrected chi connectivity index (χ1v) is 9.72. The number of para-hydroxylation sites is 1. The number of nitrogens with zero attached hydrogens (tertiary/aromatic N) is 2. The first kappa shape index (κ1) is 19.9. The molecule has 4 amide bonds. The zero-order valence-corrected chi connectivity index (χ0v) is 17.2. The Morgan fingerprint density at radius 2 is 1.60 bits per heavy atom. The van der Waals surface area contributed by atoms with E-state index in [1.165, 1.54) is 24.3 Å². The van der Waals surface area contributed by atoms with Crippen molar-refractivity contribution in [1.82, 2.24) is 9.88 Å². The number of barbiturate groups is 1. The van der Waals surface area contributed by atoms with E-state index in [9.17, 15) is 14.4 Å². The highest BCUT2D eigenvalue weighted by atomic mass is 35.5. The van der Waals surface area contributed by atoms with E-state index in [4.69, 9.17) is 23.2 Å². The van der Waals surface area contributed by atoms with Crippen LogP contribution in [0.1, 0.15) is 11.4 Å². The summed E-state index contributed by atoms with van der Waals surface area (Å²) in [5.41, 5.74) is 2.47. The number of hydrogen-bond donors (Lipinski definition) is 1. The number of amides is 4. The summed E-state index contributed by atoms with van der Waals surface area (Å²) < 4.78 is 1.91. The van der Waals surface area contributed by atoms with Gasteiger partial charge in [-0.2, -0.15) is 0 Å². The number of aryl methyl sites for hydroxylation is 1. The van der Waals surface area contributed by atoms with E-state index in [1.807, 2.05) is 47.9 Å². The first-order valence-electron chi connectivity index (χ1n) is 8.97. The summed E-state index contributed by atoms with van der Waals surface area (Å²) in [5, 5.41) is 2.67. The Bertz CT molecular complexity index is 1220. The Morgan fingerprint density at radius 3 is 2.30 bits per heavy atom. The van der Waals surface area contributed by atoms with Crippen LogP contribution in [-0.4, -0.2) is 22.4 Å². The van der Waals surface area contributed by atoms with Gasteiger partial charge in [0.15, 0.2) is 0 Å². The van der Waals surface area contributed by atoms with Crippen LogP contribution in [0.5, 0.6) is 0 Å². The Morgan fingerprint density at radius 1 is 0.867 bits per heavy atom. The van der Waals surface area contributed by atoms with Gasteiger partial charge in [-0.1, -0.05) is 41.4 Å². The van der Waals surface area contributed by atoms with Crippen molar-refractivity contribution in [1.29, 1.82) is 0 Å². The van der Waals surface area contributed by atoms with Crippen LogP contribution in [0.4, 0.5) is 10.5 Å². The minimum Gasteiger partial charge on any atom is -0.314 e. The van der Waals surface area contributed by atoms with Gasteiger partial charge in [-0.25, -0.2) is 9.69 Å². The summed E-state index contributed by atoms with van der Waals surface area (Å²) in [5.74, 6) is -1.51. The fourth-order valence-electron chi connectivity index (χ4n) is 3.27. The van der Waals surface area contributed by atoms with Crippen LogP contribution in [0, 0.1) is 6.92 Å². The highest BCUT2D eigenvalue weighted by Gasteiger charge is 2.37. The number of halogens is 2. The van der Waals surface area contributed by atoms with Crippen LogP contribution in [0.25, 0.3) is 11.8 Å². The molecule has 4 rings (SSSR count). The number of hydrogen-bond acceptors (Lipinski definition) is 3. The van der Waals surface area contributed by atoms with E-state index in [0.29, 0.717) is 5.69 Å². The molecule has 0 radical (unpaired) electrons. The topological polar surface area (TPSA) is 71.4 Å². The number of carbonyl (C=O) groups excluding carboxylic acids is 3. The lowest BCUT2D eigenvalue weighted by molar-refractivity contribution is -0.122. The average Bonchev–Trinajstić information content (AvgIpc) is 3.08. The average molecular weight is 440 g/mol. The third-order valence-electron chi connectivity index (χ3n) is 4.68. The van der Waals surface area contributed by atoms with Gasteiger partial charge in [-0.3, -0.25) is 14.9 Å². The Hall–Kier alpha value is -3.35. The molecule has 2 heterocycles. The second-order valence-electron chi connectivity index (χ2n) is 6.63. The van der Waals surface area contributed by atoms with Gasteiger partial charge in [0.05, 0.1) is 15.7 Å². The molecular formula is C22H15Cl2N3O3. The molecule has 1 fully saturated rings. The molecule has 0 spiro atoms. The van der Waals surface area contributed by atoms with E-state index < -0.39 is 17.8 Å². The van der Waals surface area contributed by atoms with Crippen molar-refractivity contribution < 1.29 is 14.4 Å². The molecule has 1 aliphatic rings. The summed E-state index contributed by atoms with van der Waals surface area (Å²) in [6.45, 7) is 1.92. The van der Waals surface area contributed by atoms with Crippen molar-refractivity contribution in [3.63, 3.8) is 0 Å². The number of carbonyl (C=O) groups is 3. The van der Waals surface area contributed by atoms with E-state index in [-0.39, 0.29) is 21.3 Å². The Kier molecular flexibility index (Phi) is 5.20. The molecule has 1 aromatic heterocycles. The van der Waals surface area contributed by atoms with Crippen LogP contribution in [0.2, 0.25) is 10.0 Å². The van der Waals surface area contributed by atoms with Crippen molar-refractivity contribution in [2.24, 2.45) is 0 Å². The summed E-state index contributed by atoms with van der Waals surface area (Å²) in [4.78, 5) is 38.8. The van der Waals surface area contributed by atoms with Crippen LogP contribution in [0.3, 0.4) is 0 Å². The Labute approximate surface area is 182 Å². The maximum Gasteiger partial charge on any atom is 0.335 e. The number of benzene rings is 2. The molecular weight excluding hydrogens is 425 g/mol. The molecule has 0 unspecified atom stereocenters. The molecule has 0 saturated carbocycles. The number of imide groups is 2. The van der Waals surface area contributed by atoms with Gasteiger partial charge < -0.3 is 4.57 Å². The lowest BCUT2D eigenvalue weighted by atomic mass is 10.1. The Balaban J connectivity index is 1.79. The third kappa shape index (κ3) is 3.51. The van der Waals surface area contributed by atoms with Gasteiger partial charge in [0.25, 0.3) is 11.8 Å². The summed E-state index contributed by atoms with van der Waals surface area (Å²) in [6.07, 6.45) is 1.47. The van der Waals surface area contributed by atoms with Gasteiger partial charge in [-0.05, 0) is 55.5 Å². The summed E-state index contributed by atoms with van der Waals surface area (Å²) >= 11 is 12.0. The second kappa shape index (κ2) is 7.82. The SMILES string of the molecule is Cc1ccc(/C=C2\C(=O)NC(=O)N(c3ccc(Cl)c(Cl)c3)C2=O)n1-c1ccccc1. The van der Waals surface area contributed by atoms with Crippen LogP contribution in [0.15, 0.2) is 66.2 Å². The van der Waals surface area contributed by atoms with Crippen LogP contribution >= 0.6 is 23.2 Å². The maximum absolute atomic E-state index is 13.1. The summed E-state index contributed by atoms with van der Waals surface area (Å²) in [7, 11) is 0.